The van der Waals surface area contributed by atoms with Gasteiger partial charge in [0.15, 0.2) is 11.5 Å². The minimum absolute atomic E-state index is 0.114. The van der Waals surface area contributed by atoms with E-state index in [-0.39, 0.29) is 18.0 Å². The van der Waals surface area contributed by atoms with Crippen LogP contribution in [0.2, 0.25) is 0 Å². The fourth-order valence-corrected chi connectivity index (χ4v) is 3.57. The average Bonchev–Trinajstić information content (AvgIpc) is 3.41. The van der Waals surface area contributed by atoms with E-state index >= 15 is 0 Å². The third-order valence-corrected chi connectivity index (χ3v) is 5.35. The molecule has 10 heteroatoms. The summed E-state index contributed by atoms with van der Waals surface area (Å²) in [4.78, 5) is 12.5. The first-order chi connectivity index (χ1) is 14.1. The maximum atomic E-state index is 12.5. The van der Waals surface area contributed by atoms with Gasteiger partial charge in [-0.25, -0.2) is 0 Å². The second-order valence-corrected chi connectivity index (χ2v) is 7.54. The van der Waals surface area contributed by atoms with Gasteiger partial charge in [0.25, 0.3) is 0 Å². The van der Waals surface area contributed by atoms with Crippen molar-refractivity contribution in [2.75, 3.05) is 13.9 Å². The fraction of sp³-hybridized carbons (Fsp3) is 0.263. The molecule has 0 fully saturated rings. The lowest BCUT2D eigenvalue weighted by Crippen LogP contribution is -2.30. The van der Waals surface area contributed by atoms with Crippen molar-refractivity contribution in [3.63, 3.8) is 0 Å². The van der Waals surface area contributed by atoms with Crippen LogP contribution in [0.1, 0.15) is 12.5 Å². The lowest BCUT2D eigenvalue weighted by Gasteiger charge is -2.12. The molecule has 1 aliphatic heterocycles. The smallest absolute Gasteiger partial charge is 0.233 e. The predicted octanol–water partition coefficient (Wildman–Crippen LogP) is 2.20. The summed E-state index contributed by atoms with van der Waals surface area (Å²) in [5, 5.41) is 14.9. The third-order valence-electron chi connectivity index (χ3n) is 4.31. The van der Waals surface area contributed by atoms with E-state index in [4.69, 9.17) is 14.2 Å². The van der Waals surface area contributed by atoms with Crippen LogP contribution in [-0.4, -0.2) is 45.3 Å². The van der Waals surface area contributed by atoms with E-state index in [9.17, 15) is 4.79 Å². The monoisotopic (exact) mass is 413 g/mol. The molecule has 29 heavy (non-hydrogen) atoms. The number of fused-ring (bicyclic) bond motifs is 1. The number of amides is 1. The van der Waals surface area contributed by atoms with Gasteiger partial charge in [-0.05, 0) is 59.3 Å². The van der Waals surface area contributed by atoms with E-state index in [1.165, 1.54) is 11.8 Å². The van der Waals surface area contributed by atoms with Crippen LogP contribution >= 0.6 is 11.8 Å². The second kappa shape index (κ2) is 8.39. The number of tetrazole rings is 1. The number of hydrogen-bond donors (Lipinski definition) is 1. The Kier molecular flexibility index (Phi) is 5.52. The Labute approximate surface area is 171 Å². The Morgan fingerprint density at radius 3 is 2.83 bits per heavy atom. The molecule has 1 atom stereocenters. The second-order valence-electron chi connectivity index (χ2n) is 6.24. The molecule has 1 unspecified atom stereocenters. The normalized spacial score (nSPS) is 13.2. The maximum Gasteiger partial charge on any atom is 0.233 e. The number of thioether (sulfide) groups is 1. The van der Waals surface area contributed by atoms with Crippen molar-refractivity contribution in [1.29, 1.82) is 0 Å². The van der Waals surface area contributed by atoms with E-state index in [0.29, 0.717) is 17.5 Å². The zero-order chi connectivity index (χ0) is 20.2. The molecular weight excluding hydrogens is 394 g/mol. The van der Waals surface area contributed by atoms with Gasteiger partial charge >= 0.3 is 0 Å². The number of carbonyl (C=O) groups is 1. The first-order valence-corrected chi connectivity index (χ1v) is 9.77. The molecule has 1 N–H and O–H groups in total. The molecule has 0 bridgehead atoms. The van der Waals surface area contributed by atoms with E-state index < -0.39 is 0 Å². The van der Waals surface area contributed by atoms with Crippen LogP contribution < -0.4 is 19.5 Å². The lowest BCUT2D eigenvalue weighted by molar-refractivity contribution is -0.120. The van der Waals surface area contributed by atoms with Crippen LogP contribution in [0.4, 0.5) is 0 Å². The molecular formula is C19H19N5O4S. The number of nitrogens with zero attached hydrogens (tertiary/aromatic N) is 4. The summed E-state index contributed by atoms with van der Waals surface area (Å²) in [6, 6.07) is 13.0. The minimum Gasteiger partial charge on any atom is -0.497 e. The molecule has 0 spiro atoms. The van der Waals surface area contributed by atoms with Crippen molar-refractivity contribution < 1.29 is 19.0 Å². The van der Waals surface area contributed by atoms with E-state index in [1.807, 2.05) is 49.4 Å². The molecule has 9 nitrogen and oxygen atoms in total. The van der Waals surface area contributed by atoms with Crippen molar-refractivity contribution in [2.45, 2.75) is 23.9 Å². The van der Waals surface area contributed by atoms with Gasteiger partial charge in [-0.3, -0.25) is 4.79 Å². The number of benzene rings is 2. The molecule has 2 heterocycles. The van der Waals surface area contributed by atoms with Gasteiger partial charge < -0.3 is 19.5 Å². The molecule has 1 aliphatic rings. The zero-order valence-electron chi connectivity index (χ0n) is 15.9. The highest BCUT2D eigenvalue weighted by atomic mass is 32.2. The Hall–Kier alpha value is -3.27. The molecule has 4 rings (SSSR count). The van der Waals surface area contributed by atoms with Gasteiger partial charge in [0, 0.05) is 6.54 Å². The first-order valence-electron chi connectivity index (χ1n) is 8.90. The van der Waals surface area contributed by atoms with Gasteiger partial charge in [0.2, 0.25) is 17.9 Å². The fourth-order valence-electron chi connectivity index (χ4n) is 2.73. The largest absolute Gasteiger partial charge is 0.497 e. The van der Waals surface area contributed by atoms with Crippen molar-refractivity contribution >= 4 is 17.7 Å². The average molecular weight is 413 g/mol. The summed E-state index contributed by atoms with van der Waals surface area (Å²) in [5.41, 5.74) is 1.72. The molecule has 0 aliphatic carbocycles. The Balaban J connectivity index is 1.37. The predicted molar refractivity (Wildman–Crippen MR) is 105 cm³/mol. The SMILES string of the molecule is COc1ccc(-n2nnnc2SC(C)C(=O)NCc2ccc3c(c2)OCO3)cc1. The summed E-state index contributed by atoms with van der Waals surface area (Å²) >= 11 is 1.28. The van der Waals surface area contributed by atoms with E-state index in [0.717, 1.165) is 22.7 Å². The number of methoxy groups -OCH3 is 1. The van der Waals surface area contributed by atoms with Crippen molar-refractivity contribution in [1.82, 2.24) is 25.5 Å². The molecule has 0 radical (unpaired) electrons. The molecule has 150 valence electrons. The summed E-state index contributed by atoms with van der Waals surface area (Å²) in [5.74, 6) is 2.04. The number of carbonyl (C=O) groups excluding carboxylic acids is 1. The molecule has 0 saturated carbocycles. The Morgan fingerprint density at radius 2 is 2.03 bits per heavy atom. The van der Waals surface area contributed by atoms with Crippen LogP contribution in [0, 0.1) is 0 Å². The number of ether oxygens (including phenoxy) is 3. The molecule has 1 amide bonds. The highest BCUT2D eigenvalue weighted by Crippen LogP contribution is 2.32. The van der Waals surface area contributed by atoms with Crippen LogP contribution in [0.3, 0.4) is 0 Å². The van der Waals surface area contributed by atoms with E-state index in [2.05, 4.69) is 20.8 Å². The standard InChI is InChI=1S/C19H19N5O4S/c1-12(18(25)20-10-13-3-8-16-17(9-13)28-11-27-16)29-19-21-22-23-24(19)14-4-6-15(26-2)7-5-14/h3-9,12H,10-11H2,1-2H3,(H,20,25). The zero-order valence-corrected chi connectivity index (χ0v) is 16.7. The Bertz CT molecular complexity index is 1010. The van der Waals surface area contributed by atoms with Gasteiger partial charge in [0.05, 0.1) is 18.0 Å². The lowest BCUT2D eigenvalue weighted by atomic mass is 10.2. The summed E-state index contributed by atoms with van der Waals surface area (Å²) in [7, 11) is 1.61. The number of aromatic nitrogens is 4. The van der Waals surface area contributed by atoms with Crippen LogP contribution in [0.15, 0.2) is 47.6 Å². The van der Waals surface area contributed by atoms with Gasteiger partial charge in [-0.15, -0.1) is 5.10 Å². The van der Waals surface area contributed by atoms with Crippen LogP contribution in [0.5, 0.6) is 17.2 Å². The van der Waals surface area contributed by atoms with Gasteiger partial charge in [-0.2, -0.15) is 4.68 Å². The van der Waals surface area contributed by atoms with Crippen molar-refractivity contribution in [2.24, 2.45) is 0 Å². The first kappa shape index (κ1) is 19.1. The number of rotatable bonds is 7. The number of nitrogens with one attached hydrogen (secondary N) is 1. The Morgan fingerprint density at radius 1 is 1.24 bits per heavy atom. The molecule has 3 aromatic rings. The highest BCUT2D eigenvalue weighted by Gasteiger charge is 2.20. The highest BCUT2D eigenvalue weighted by molar-refractivity contribution is 8.00. The summed E-state index contributed by atoms with van der Waals surface area (Å²) in [6.45, 7) is 2.43. The quantitative estimate of drug-likeness (QED) is 0.589. The van der Waals surface area contributed by atoms with Crippen molar-refractivity contribution in [3.05, 3.63) is 48.0 Å². The van der Waals surface area contributed by atoms with Crippen LogP contribution in [-0.2, 0) is 11.3 Å². The topological polar surface area (TPSA) is 100 Å². The molecule has 0 saturated heterocycles. The van der Waals surface area contributed by atoms with Crippen molar-refractivity contribution in [3.8, 4) is 22.9 Å². The molecule has 1 aromatic heterocycles. The third kappa shape index (κ3) is 4.27. The minimum atomic E-state index is -0.382. The molecule has 2 aromatic carbocycles. The van der Waals surface area contributed by atoms with Gasteiger partial charge in [0.1, 0.15) is 5.75 Å². The summed E-state index contributed by atoms with van der Waals surface area (Å²) in [6.07, 6.45) is 0. The summed E-state index contributed by atoms with van der Waals surface area (Å²) < 4.78 is 17.4. The van der Waals surface area contributed by atoms with Gasteiger partial charge in [-0.1, -0.05) is 17.8 Å². The maximum absolute atomic E-state index is 12.5. The number of hydrogen-bond acceptors (Lipinski definition) is 8. The van der Waals surface area contributed by atoms with E-state index in [1.54, 1.807) is 11.8 Å². The van der Waals surface area contributed by atoms with Crippen LogP contribution in [0.25, 0.3) is 5.69 Å².